The average Bonchev–Trinajstić information content (AvgIpc) is 2.99. The highest BCUT2D eigenvalue weighted by atomic mass is 16.6. The van der Waals surface area contributed by atoms with Gasteiger partial charge in [-0.3, -0.25) is 14.9 Å². The maximum atomic E-state index is 12.8. The molecule has 0 unspecified atom stereocenters. The van der Waals surface area contributed by atoms with Gasteiger partial charge >= 0.3 is 0 Å². The largest absolute Gasteiger partial charge is 0.493 e. The molecule has 0 spiro atoms. The van der Waals surface area contributed by atoms with Gasteiger partial charge in [-0.2, -0.15) is 5.26 Å². The van der Waals surface area contributed by atoms with E-state index in [2.05, 4.69) is 5.32 Å². The van der Waals surface area contributed by atoms with Crippen molar-refractivity contribution < 1.29 is 23.9 Å². The van der Waals surface area contributed by atoms with Crippen molar-refractivity contribution in [3.05, 3.63) is 129 Å². The summed E-state index contributed by atoms with van der Waals surface area (Å²) in [4.78, 5) is 23.3. The van der Waals surface area contributed by atoms with Crippen LogP contribution in [0.2, 0.25) is 0 Å². The topological polar surface area (TPSA) is 124 Å². The standard InChI is InChI=1S/C32H27N3O6/c1-22-6-8-23(9-7-22)20-40-29-13-11-27(12-14-29)34-32(36)26(19-33)16-24-10-15-30(31(18-24)39-2)41-21-25-4-3-5-28(17-25)35(37)38/h3-18H,20-21H2,1-2H3,(H,34,36)/b26-16+. The first-order valence-corrected chi connectivity index (χ1v) is 12.6. The normalized spacial score (nSPS) is 10.8. The van der Waals surface area contributed by atoms with E-state index >= 15 is 0 Å². The van der Waals surface area contributed by atoms with Crippen LogP contribution in [0.15, 0.2) is 96.6 Å². The second-order valence-corrected chi connectivity index (χ2v) is 9.05. The zero-order valence-electron chi connectivity index (χ0n) is 22.5. The summed E-state index contributed by atoms with van der Waals surface area (Å²) in [6.45, 7) is 2.55. The fourth-order valence-electron chi connectivity index (χ4n) is 3.81. The zero-order valence-corrected chi connectivity index (χ0v) is 22.5. The number of anilines is 1. The molecule has 206 valence electrons. The first kappa shape index (κ1) is 28.4. The molecule has 1 N–H and O–H groups in total. The highest BCUT2D eigenvalue weighted by Crippen LogP contribution is 2.30. The Morgan fingerprint density at radius 2 is 1.66 bits per heavy atom. The average molecular weight is 550 g/mol. The number of ether oxygens (including phenoxy) is 3. The summed E-state index contributed by atoms with van der Waals surface area (Å²) < 4.78 is 17.0. The Balaban J connectivity index is 1.38. The molecule has 0 aromatic heterocycles. The van der Waals surface area contributed by atoms with Crippen LogP contribution < -0.4 is 19.5 Å². The van der Waals surface area contributed by atoms with Crippen molar-refractivity contribution in [2.24, 2.45) is 0 Å². The van der Waals surface area contributed by atoms with Crippen LogP contribution in [0.3, 0.4) is 0 Å². The maximum Gasteiger partial charge on any atom is 0.269 e. The number of hydrogen-bond acceptors (Lipinski definition) is 7. The van der Waals surface area contributed by atoms with E-state index < -0.39 is 10.8 Å². The van der Waals surface area contributed by atoms with E-state index in [0.717, 1.165) is 5.56 Å². The van der Waals surface area contributed by atoms with Crippen LogP contribution in [0.25, 0.3) is 6.08 Å². The van der Waals surface area contributed by atoms with E-state index in [0.29, 0.717) is 40.7 Å². The number of rotatable bonds is 11. The number of methoxy groups -OCH3 is 1. The molecule has 9 heteroatoms. The zero-order chi connectivity index (χ0) is 29.2. The molecule has 4 aromatic rings. The Hall–Kier alpha value is -5.62. The van der Waals surface area contributed by atoms with E-state index in [1.165, 1.54) is 30.9 Å². The predicted octanol–water partition coefficient (Wildman–Crippen LogP) is 6.62. The van der Waals surface area contributed by atoms with Gasteiger partial charge in [0.05, 0.1) is 12.0 Å². The number of aryl methyl sites for hydroxylation is 1. The van der Waals surface area contributed by atoms with Gasteiger partial charge in [0.2, 0.25) is 0 Å². The van der Waals surface area contributed by atoms with E-state index in [1.807, 2.05) is 37.3 Å². The molecule has 0 radical (unpaired) electrons. The number of amides is 1. The summed E-state index contributed by atoms with van der Waals surface area (Å²) in [6, 6.07) is 28.0. The predicted molar refractivity (Wildman–Crippen MR) is 155 cm³/mol. The molecule has 0 aliphatic carbocycles. The van der Waals surface area contributed by atoms with Crippen LogP contribution in [-0.2, 0) is 18.0 Å². The Morgan fingerprint density at radius 1 is 0.927 bits per heavy atom. The SMILES string of the molecule is COc1cc(/C=C(\C#N)C(=O)Nc2ccc(OCc3ccc(C)cc3)cc2)ccc1OCc1cccc([N+](=O)[O-])c1. The summed E-state index contributed by atoms with van der Waals surface area (Å²) in [5.41, 5.74) is 3.80. The summed E-state index contributed by atoms with van der Waals surface area (Å²) in [7, 11) is 1.47. The van der Waals surface area contributed by atoms with Crippen LogP contribution in [0.4, 0.5) is 11.4 Å². The minimum absolute atomic E-state index is 0.0248. The minimum Gasteiger partial charge on any atom is -0.493 e. The van der Waals surface area contributed by atoms with Crippen molar-refractivity contribution >= 4 is 23.4 Å². The number of non-ortho nitro benzene ring substituents is 1. The molecule has 0 aliphatic heterocycles. The van der Waals surface area contributed by atoms with Crippen molar-refractivity contribution in [2.75, 3.05) is 12.4 Å². The monoisotopic (exact) mass is 549 g/mol. The number of nitro benzene ring substituents is 1. The number of hydrogen-bond donors (Lipinski definition) is 1. The first-order valence-electron chi connectivity index (χ1n) is 12.6. The number of carbonyl (C=O) groups is 1. The molecular weight excluding hydrogens is 522 g/mol. The fourth-order valence-corrected chi connectivity index (χ4v) is 3.81. The summed E-state index contributed by atoms with van der Waals surface area (Å²) in [5.74, 6) is 0.872. The van der Waals surface area contributed by atoms with Gasteiger partial charge in [0, 0.05) is 17.8 Å². The second-order valence-electron chi connectivity index (χ2n) is 9.05. The van der Waals surface area contributed by atoms with Gasteiger partial charge in [0.25, 0.3) is 11.6 Å². The van der Waals surface area contributed by atoms with Crippen LogP contribution in [0, 0.1) is 28.4 Å². The van der Waals surface area contributed by atoms with Gasteiger partial charge < -0.3 is 19.5 Å². The third-order valence-electron chi connectivity index (χ3n) is 6.02. The highest BCUT2D eigenvalue weighted by molar-refractivity contribution is 6.09. The fraction of sp³-hybridized carbons (Fsp3) is 0.125. The smallest absolute Gasteiger partial charge is 0.269 e. The van der Waals surface area contributed by atoms with Crippen molar-refractivity contribution in [1.82, 2.24) is 0 Å². The lowest BCUT2D eigenvalue weighted by molar-refractivity contribution is -0.384. The van der Waals surface area contributed by atoms with E-state index in [9.17, 15) is 20.2 Å². The lowest BCUT2D eigenvalue weighted by atomic mass is 10.1. The lowest BCUT2D eigenvalue weighted by Crippen LogP contribution is -2.13. The Labute approximate surface area is 237 Å². The molecule has 0 saturated heterocycles. The Kier molecular flexibility index (Phi) is 9.31. The minimum atomic E-state index is -0.564. The number of nitrogens with one attached hydrogen (secondary N) is 1. The number of carbonyl (C=O) groups excluding carboxylic acids is 1. The molecule has 9 nitrogen and oxygen atoms in total. The van der Waals surface area contributed by atoms with Crippen molar-refractivity contribution in [3.63, 3.8) is 0 Å². The molecule has 0 fully saturated rings. The van der Waals surface area contributed by atoms with Crippen LogP contribution in [0.1, 0.15) is 22.3 Å². The molecule has 0 saturated carbocycles. The third-order valence-corrected chi connectivity index (χ3v) is 6.02. The molecule has 4 rings (SSSR count). The first-order chi connectivity index (χ1) is 19.8. The number of nitriles is 1. The van der Waals surface area contributed by atoms with Crippen LogP contribution in [0.5, 0.6) is 17.2 Å². The third kappa shape index (κ3) is 7.94. The number of benzene rings is 4. The quantitative estimate of drug-likeness (QED) is 0.0965. The van der Waals surface area contributed by atoms with E-state index in [-0.39, 0.29) is 17.9 Å². The summed E-state index contributed by atoms with van der Waals surface area (Å²) in [5, 5.41) is 23.3. The summed E-state index contributed by atoms with van der Waals surface area (Å²) >= 11 is 0. The van der Waals surface area contributed by atoms with E-state index in [4.69, 9.17) is 14.2 Å². The molecule has 1 amide bonds. The van der Waals surface area contributed by atoms with Crippen molar-refractivity contribution in [3.8, 4) is 23.3 Å². The van der Waals surface area contributed by atoms with Crippen LogP contribution >= 0.6 is 0 Å². The van der Waals surface area contributed by atoms with Crippen molar-refractivity contribution in [2.45, 2.75) is 20.1 Å². The summed E-state index contributed by atoms with van der Waals surface area (Å²) in [6.07, 6.45) is 1.45. The number of nitrogens with zero attached hydrogens (tertiary/aromatic N) is 2. The van der Waals surface area contributed by atoms with Gasteiger partial charge in [-0.15, -0.1) is 0 Å². The van der Waals surface area contributed by atoms with Gasteiger partial charge in [0.1, 0.15) is 30.6 Å². The Bertz CT molecular complexity index is 1610. The molecule has 0 atom stereocenters. The lowest BCUT2D eigenvalue weighted by Gasteiger charge is -2.12. The maximum absolute atomic E-state index is 12.8. The van der Waals surface area contributed by atoms with Gasteiger partial charge in [-0.05, 0) is 66.1 Å². The highest BCUT2D eigenvalue weighted by Gasteiger charge is 2.12. The van der Waals surface area contributed by atoms with Crippen molar-refractivity contribution in [1.29, 1.82) is 5.26 Å². The molecule has 41 heavy (non-hydrogen) atoms. The molecular formula is C32H27N3O6. The number of nitro groups is 1. The van der Waals surface area contributed by atoms with Crippen LogP contribution in [-0.4, -0.2) is 17.9 Å². The Morgan fingerprint density at radius 3 is 2.34 bits per heavy atom. The van der Waals surface area contributed by atoms with Gasteiger partial charge in [-0.25, -0.2) is 0 Å². The second kappa shape index (κ2) is 13.4. The van der Waals surface area contributed by atoms with Gasteiger partial charge in [-0.1, -0.05) is 48.0 Å². The molecule has 0 bridgehead atoms. The molecule has 4 aromatic carbocycles. The van der Waals surface area contributed by atoms with Gasteiger partial charge in [0.15, 0.2) is 11.5 Å². The van der Waals surface area contributed by atoms with E-state index in [1.54, 1.807) is 54.6 Å². The molecule has 0 heterocycles. The molecule has 0 aliphatic rings.